The van der Waals surface area contributed by atoms with E-state index in [1.54, 1.807) is 0 Å². The van der Waals surface area contributed by atoms with E-state index in [2.05, 4.69) is 4.90 Å². The molecule has 0 aromatic heterocycles. The van der Waals surface area contributed by atoms with Crippen LogP contribution in [-0.4, -0.2) is 41.2 Å². The fourth-order valence-corrected chi connectivity index (χ4v) is 4.86. The molecule has 3 aliphatic rings. The van der Waals surface area contributed by atoms with Crippen LogP contribution in [0.15, 0.2) is 24.3 Å². The van der Waals surface area contributed by atoms with Crippen molar-refractivity contribution in [1.29, 1.82) is 0 Å². The summed E-state index contributed by atoms with van der Waals surface area (Å²) >= 11 is 0. The Bertz CT molecular complexity index is 657. The molecular formula is C21H28N2O2. The Hall–Kier alpha value is -1.84. The largest absolute Gasteiger partial charge is 0.338 e. The zero-order valence-corrected chi connectivity index (χ0v) is 15.0. The molecular weight excluding hydrogens is 312 g/mol. The van der Waals surface area contributed by atoms with Gasteiger partial charge < -0.3 is 9.80 Å². The van der Waals surface area contributed by atoms with Crippen LogP contribution >= 0.6 is 0 Å². The topological polar surface area (TPSA) is 40.6 Å². The van der Waals surface area contributed by atoms with E-state index in [-0.39, 0.29) is 11.8 Å². The van der Waals surface area contributed by atoms with Gasteiger partial charge in [-0.15, -0.1) is 0 Å². The monoisotopic (exact) mass is 340 g/mol. The first-order valence-corrected chi connectivity index (χ1v) is 9.87. The van der Waals surface area contributed by atoms with Gasteiger partial charge in [0.25, 0.3) is 5.91 Å². The number of benzene rings is 1. The fourth-order valence-electron chi connectivity index (χ4n) is 4.86. The van der Waals surface area contributed by atoms with Gasteiger partial charge in [0.1, 0.15) is 0 Å². The minimum atomic E-state index is 0.165. The van der Waals surface area contributed by atoms with Crippen LogP contribution in [0, 0.1) is 11.8 Å². The SMILES string of the molecule is O=C1CCCN1Cc1cccc(C(=O)N2CC[C@H]3CCCC[C@@H]3C2)c1. The van der Waals surface area contributed by atoms with Gasteiger partial charge in [-0.05, 0) is 48.8 Å². The fraction of sp³-hybridized carbons (Fsp3) is 0.619. The van der Waals surface area contributed by atoms with Crippen molar-refractivity contribution in [2.75, 3.05) is 19.6 Å². The van der Waals surface area contributed by atoms with E-state index in [4.69, 9.17) is 0 Å². The number of likely N-dealkylation sites (tertiary alicyclic amines) is 2. The van der Waals surface area contributed by atoms with Gasteiger partial charge in [0.15, 0.2) is 0 Å². The third kappa shape index (κ3) is 3.58. The highest BCUT2D eigenvalue weighted by Crippen LogP contribution is 2.36. The number of nitrogens with zero attached hydrogens (tertiary/aromatic N) is 2. The van der Waals surface area contributed by atoms with Gasteiger partial charge in [-0.2, -0.15) is 0 Å². The normalized spacial score (nSPS) is 26.6. The lowest BCUT2D eigenvalue weighted by Gasteiger charge is -2.41. The van der Waals surface area contributed by atoms with Crippen LogP contribution in [0.3, 0.4) is 0 Å². The lowest BCUT2D eigenvalue weighted by atomic mass is 9.75. The highest BCUT2D eigenvalue weighted by Gasteiger charge is 2.33. The maximum Gasteiger partial charge on any atom is 0.253 e. The summed E-state index contributed by atoms with van der Waals surface area (Å²) < 4.78 is 0. The Kier molecular flexibility index (Phi) is 4.78. The van der Waals surface area contributed by atoms with Gasteiger partial charge in [0.05, 0.1) is 0 Å². The summed E-state index contributed by atoms with van der Waals surface area (Å²) in [5, 5.41) is 0. The average Bonchev–Trinajstić information content (AvgIpc) is 3.05. The Morgan fingerprint density at radius 3 is 2.68 bits per heavy atom. The number of carbonyl (C=O) groups excluding carboxylic acids is 2. The van der Waals surface area contributed by atoms with Gasteiger partial charge in [-0.25, -0.2) is 0 Å². The number of carbonyl (C=O) groups is 2. The van der Waals surface area contributed by atoms with Crippen LogP contribution in [0.4, 0.5) is 0 Å². The van der Waals surface area contributed by atoms with Crippen LogP contribution in [0.1, 0.15) is 60.9 Å². The maximum absolute atomic E-state index is 13.0. The first-order valence-electron chi connectivity index (χ1n) is 9.87. The van der Waals surface area contributed by atoms with Gasteiger partial charge in [0.2, 0.25) is 5.91 Å². The molecule has 2 atom stereocenters. The molecule has 1 aromatic rings. The second-order valence-electron chi connectivity index (χ2n) is 7.96. The van der Waals surface area contributed by atoms with Crippen molar-refractivity contribution in [3.63, 3.8) is 0 Å². The zero-order valence-electron chi connectivity index (χ0n) is 15.0. The molecule has 0 bridgehead atoms. The van der Waals surface area contributed by atoms with E-state index in [9.17, 15) is 9.59 Å². The lowest BCUT2D eigenvalue weighted by Crippen LogP contribution is -2.44. The van der Waals surface area contributed by atoms with Gasteiger partial charge in [-0.3, -0.25) is 9.59 Å². The molecule has 0 unspecified atom stereocenters. The summed E-state index contributed by atoms with van der Waals surface area (Å²) in [7, 11) is 0. The second-order valence-corrected chi connectivity index (χ2v) is 7.96. The van der Waals surface area contributed by atoms with Crippen molar-refractivity contribution in [1.82, 2.24) is 9.80 Å². The Morgan fingerprint density at radius 2 is 1.88 bits per heavy atom. The van der Waals surface area contributed by atoms with Crippen LogP contribution in [0.5, 0.6) is 0 Å². The molecule has 1 aromatic carbocycles. The summed E-state index contributed by atoms with van der Waals surface area (Å²) in [6.07, 6.45) is 8.10. The molecule has 1 aliphatic carbocycles. The summed E-state index contributed by atoms with van der Waals surface area (Å²) in [6.45, 7) is 3.30. The molecule has 3 fully saturated rings. The second kappa shape index (κ2) is 7.19. The number of piperidine rings is 1. The average molecular weight is 340 g/mol. The minimum absolute atomic E-state index is 0.165. The highest BCUT2D eigenvalue weighted by atomic mass is 16.2. The molecule has 1 saturated carbocycles. The predicted octanol–water partition coefficient (Wildman–Crippen LogP) is 3.46. The first-order chi connectivity index (χ1) is 12.2. The number of rotatable bonds is 3. The molecule has 134 valence electrons. The van der Waals surface area contributed by atoms with Crippen molar-refractivity contribution in [3.05, 3.63) is 35.4 Å². The Labute approximate surface area is 150 Å². The zero-order chi connectivity index (χ0) is 17.2. The van der Waals surface area contributed by atoms with Gasteiger partial charge in [-0.1, -0.05) is 31.4 Å². The molecule has 0 N–H and O–H groups in total. The summed E-state index contributed by atoms with van der Waals surface area (Å²) in [5.41, 5.74) is 1.84. The molecule has 4 nitrogen and oxygen atoms in total. The van der Waals surface area contributed by atoms with E-state index >= 15 is 0 Å². The molecule has 2 heterocycles. The number of hydrogen-bond acceptors (Lipinski definition) is 2. The summed E-state index contributed by atoms with van der Waals surface area (Å²) in [5.74, 6) is 1.94. The van der Waals surface area contributed by atoms with Crippen LogP contribution in [0.2, 0.25) is 0 Å². The quantitative estimate of drug-likeness (QED) is 0.845. The van der Waals surface area contributed by atoms with E-state index < -0.39 is 0 Å². The number of fused-ring (bicyclic) bond motifs is 1. The lowest BCUT2D eigenvalue weighted by molar-refractivity contribution is -0.128. The minimum Gasteiger partial charge on any atom is -0.338 e. The van der Waals surface area contributed by atoms with Crippen LogP contribution < -0.4 is 0 Å². The van der Waals surface area contributed by atoms with Crippen molar-refractivity contribution in [2.24, 2.45) is 11.8 Å². The Balaban J connectivity index is 1.43. The van der Waals surface area contributed by atoms with E-state index in [1.807, 2.05) is 29.2 Å². The van der Waals surface area contributed by atoms with Gasteiger partial charge in [0, 0.05) is 38.2 Å². The molecule has 4 heteroatoms. The summed E-state index contributed by atoms with van der Waals surface area (Å²) in [4.78, 5) is 28.8. The molecule has 2 amide bonds. The molecule has 0 spiro atoms. The number of amides is 2. The van der Waals surface area contributed by atoms with E-state index in [0.29, 0.717) is 18.9 Å². The predicted molar refractivity (Wildman–Crippen MR) is 97.1 cm³/mol. The maximum atomic E-state index is 13.0. The first kappa shape index (κ1) is 16.6. The standard InChI is InChI=1S/C21H28N2O2/c24-20-9-4-11-22(20)14-16-5-3-8-18(13-16)21(25)23-12-10-17-6-1-2-7-19(17)15-23/h3,5,8,13,17,19H,1-2,4,6-7,9-12,14-15H2/t17-,19-/m1/s1. The molecule has 4 rings (SSSR count). The van der Waals surface area contributed by atoms with Crippen molar-refractivity contribution in [2.45, 2.75) is 51.5 Å². The smallest absolute Gasteiger partial charge is 0.253 e. The Morgan fingerprint density at radius 1 is 1.04 bits per heavy atom. The van der Waals surface area contributed by atoms with Crippen molar-refractivity contribution in [3.8, 4) is 0 Å². The van der Waals surface area contributed by atoms with Crippen LogP contribution in [-0.2, 0) is 11.3 Å². The van der Waals surface area contributed by atoms with Crippen LogP contribution in [0.25, 0.3) is 0 Å². The van der Waals surface area contributed by atoms with E-state index in [0.717, 1.165) is 43.1 Å². The van der Waals surface area contributed by atoms with Gasteiger partial charge >= 0.3 is 0 Å². The molecule has 25 heavy (non-hydrogen) atoms. The summed E-state index contributed by atoms with van der Waals surface area (Å²) in [6, 6.07) is 7.89. The molecule has 2 saturated heterocycles. The molecule has 2 aliphatic heterocycles. The van der Waals surface area contributed by atoms with Crippen molar-refractivity contribution < 1.29 is 9.59 Å². The molecule has 0 radical (unpaired) electrons. The van der Waals surface area contributed by atoms with E-state index in [1.165, 1.54) is 32.1 Å². The third-order valence-electron chi connectivity index (χ3n) is 6.30. The third-order valence-corrected chi connectivity index (χ3v) is 6.30. The number of hydrogen-bond donors (Lipinski definition) is 0. The highest BCUT2D eigenvalue weighted by molar-refractivity contribution is 5.94. The van der Waals surface area contributed by atoms with Crippen molar-refractivity contribution >= 4 is 11.8 Å².